The highest BCUT2D eigenvalue weighted by Gasteiger charge is 2.27. The largest absolute Gasteiger partial charge is 0.497 e. The van der Waals surface area contributed by atoms with Crippen molar-refractivity contribution in [2.75, 3.05) is 12.4 Å². The van der Waals surface area contributed by atoms with Crippen LogP contribution < -0.4 is 10.1 Å². The number of hydrogen-bond donors (Lipinski definition) is 1. The lowest BCUT2D eigenvalue weighted by molar-refractivity contribution is 0.102. The van der Waals surface area contributed by atoms with Crippen molar-refractivity contribution in [2.24, 2.45) is 0 Å². The van der Waals surface area contributed by atoms with E-state index < -0.39 is 0 Å². The van der Waals surface area contributed by atoms with Gasteiger partial charge in [0.05, 0.1) is 33.4 Å². The molecule has 1 aliphatic rings. The molecule has 1 N–H and O–H groups in total. The quantitative estimate of drug-likeness (QED) is 0.445. The fourth-order valence-corrected chi connectivity index (χ4v) is 4.26. The predicted molar refractivity (Wildman–Crippen MR) is 122 cm³/mol. The molecule has 0 saturated heterocycles. The Hall–Kier alpha value is -2.08. The Balaban J connectivity index is 0.00000117. The second-order valence-corrected chi connectivity index (χ2v) is 8.04. The van der Waals surface area contributed by atoms with Crippen LogP contribution >= 0.6 is 34.5 Å². The first-order valence-electron chi connectivity index (χ1n) is 9.45. The highest BCUT2D eigenvalue weighted by Crippen LogP contribution is 2.43. The lowest BCUT2D eigenvalue weighted by Gasteiger charge is -2.10. The van der Waals surface area contributed by atoms with Gasteiger partial charge in [0, 0.05) is 22.5 Å². The third kappa shape index (κ3) is 5.10. The van der Waals surface area contributed by atoms with Crippen LogP contribution in [0.5, 0.6) is 5.75 Å². The van der Waals surface area contributed by atoms with Gasteiger partial charge < -0.3 is 10.1 Å². The van der Waals surface area contributed by atoms with Gasteiger partial charge in [-0.25, -0.2) is 4.98 Å². The average molecular weight is 449 g/mol. The van der Waals surface area contributed by atoms with Crippen molar-refractivity contribution >= 4 is 46.1 Å². The van der Waals surface area contributed by atoms with Crippen LogP contribution in [-0.2, 0) is 0 Å². The zero-order valence-corrected chi connectivity index (χ0v) is 18.8. The number of halogens is 2. The van der Waals surface area contributed by atoms with Gasteiger partial charge >= 0.3 is 0 Å². The molecule has 7 heteroatoms. The number of carbonyl (C=O) groups is 1. The van der Waals surface area contributed by atoms with E-state index in [1.54, 1.807) is 42.7 Å². The SMILES string of the molecule is CC.COc1ccc(C(=O)Nc2ccc(-c3csc(C4CC4)n3)c(Cl)c2)c(Cl)c1. The van der Waals surface area contributed by atoms with E-state index in [4.69, 9.17) is 27.9 Å². The fraction of sp³-hybridized carbons (Fsp3) is 0.273. The molecule has 152 valence electrons. The van der Waals surface area contributed by atoms with E-state index in [-0.39, 0.29) is 5.91 Å². The molecule has 0 radical (unpaired) electrons. The third-order valence-electron chi connectivity index (χ3n) is 4.37. The molecule has 1 aliphatic carbocycles. The predicted octanol–water partition coefficient (Wildman–Crippen LogP) is 7.28. The average Bonchev–Trinajstić information content (AvgIpc) is 3.47. The minimum absolute atomic E-state index is 0.309. The van der Waals surface area contributed by atoms with Gasteiger partial charge in [0.2, 0.25) is 0 Å². The Morgan fingerprint density at radius 1 is 1.14 bits per heavy atom. The molecular formula is C22H22Cl2N2O2S. The molecule has 1 fully saturated rings. The van der Waals surface area contributed by atoms with E-state index in [0.717, 1.165) is 11.3 Å². The summed E-state index contributed by atoms with van der Waals surface area (Å²) in [6, 6.07) is 10.3. The Bertz CT molecular complexity index is 1020. The summed E-state index contributed by atoms with van der Waals surface area (Å²) in [6.45, 7) is 4.00. The van der Waals surface area contributed by atoms with Crippen molar-refractivity contribution < 1.29 is 9.53 Å². The Morgan fingerprint density at radius 3 is 2.52 bits per heavy atom. The topological polar surface area (TPSA) is 51.2 Å². The third-order valence-corrected chi connectivity index (χ3v) is 6.00. The van der Waals surface area contributed by atoms with Crippen molar-refractivity contribution in [3.63, 3.8) is 0 Å². The molecule has 0 atom stereocenters. The second kappa shape index (κ2) is 9.61. The second-order valence-electron chi connectivity index (χ2n) is 6.34. The molecule has 4 nitrogen and oxygen atoms in total. The van der Waals surface area contributed by atoms with Crippen LogP contribution in [0.15, 0.2) is 41.8 Å². The summed E-state index contributed by atoms with van der Waals surface area (Å²) in [5.41, 5.74) is 2.70. The number of anilines is 1. The van der Waals surface area contributed by atoms with Crippen LogP contribution in [0.25, 0.3) is 11.3 Å². The van der Waals surface area contributed by atoms with Crippen LogP contribution in [0, 0.1) is 0 Å². The van der Waals surface area contributed by atoms with Gasteiger partial charge in [-0.2, -0.15) is 0 Å². The molecule has 3 aromatic rings. The summed E-state index contributed by atoms with van der Waals surface area (Å²) in [4.78, 5) is 17.2. The van der Waals surface area contributed by atoms with Crippen LogP contribution in [0.4, 0.5) is 5.69 Å². The van der Waals surface area contributed by atoms with Gasteiger partial charge in [0.1, 0.15) is 5.75 Å². The maximum absolute atomic E-state index is 12.5. The van der Waals surface area contributed by atoms with Crippen molar-refractivity contribution in [1.82, 2.24) is 4.98 Å². The summed E-state index contributed by atoms with van der Waals surface area (Å²) in [5, 5.41) is 6.90. The molecule has 0 spiro atoms. The molecular weight excluding hydrogens is 427 g/mol. The van der Waals surface area contributed by atoms with Crippen LogP contribution in [0.1, 0.15) is 48.0 Å². The summed E-state index contributed by atoms with van der Waals surface area (Å²) in [5.74, 6) is 0.907. The van der Waals surface area contributed by atoms with Crippen molar-refractivity contribution in [3.05, 3.63) is 62.4 Å². The van der Waals surface area contributed by atoms with Gasteiger partial charge in [-0.3, -0.25) is 4.79 Å². The van der Waals surface area contributed by atoms with Gasteiger partial charge in [-0.15, -0.1) is 11.3 Å². The smallest absolute Gasteiger partial charge is 0.257 e. The number of nitrogens with one attached hydrogen (secondary N) is 1. The number of aromatic nitrogens is 1. The summed E-state index contributed by atoms with van der Waals surface area (Å²) in [7, 11) is 1.55. The summed E-state index contributed by atoms with van der Waals surface area (Å²) >= 11 is 14.3. The van der Waals surface area contributed by atoms with Gasteiger partial charge in [-0.1, -0.05) is 37.0 Å². The summed E-state index contributed by atoms with van der Waals surface area (Å²) < 4.78 is 5.10. The number of nitrogens with zero attached hydrogens (tertiary/aromatic N) is 1. The maximum Gasteiger partial charge on any atom is 0.257 e. The normalized spacial score (nSPS) is 12.7. The standard InChI is InChI=1S/C20H16Cl2N2O2S.C2H6/c1-26-13-5-7-15(17(22)9-13)19(25)23-12-4-6-14(16(21)8-12)18-10-27-20(24-18)11-2-3-11;1-2/h4-11H,2-3H2,1H3,(H,23,25);1-2H3. The molecule has 1 amide bonds. The minimum Gasteiger partial charge on any atom is -0.497 e. The highest BCUT2D eigenvalue weighted by molar-refractivity contribution is 7.10. The first kappa shape index (κ1) is 21.6. The molecule has 29 heavy (non-hydrogen) atoms. The van der Waals surface area contributed by atoms with Gasteiger partial charge in [0.15, 0.2) is 0 Å². The monoisotopic (exact) mass is 448 g/mol. The van der Waals surface area contributed by atoms with E-state index >= 15 is 0 Å². The molecule has 1 saturated carbocycles. The Labute approximate surface area is 184 Å². The first-order valence-corrected chi connectivity index (χ1v) is 11.1. The lowest BCUT2D eigenvalue weighted by atomic mass is 10.1. The number of benzene rings is 2. The summed E-state index contributed by atoms with van der Waals surface area (Å²) in [6.07, 6.45) is 2.44. The Kier molecular flexibility index (Phi) is 7.17. The number of carbonyl (C=O) groups excluding carboxylic acids is 1. The van der Waals surface area contributed by atoms with E-state index in [1.807, 2.05) is 31.4 Å². The first-order chi connectivity index (χ1) is 14.0. The van der Waals surface area contributed by atoms with Crippen molar-refractivity contribution in [3.8, 4) is 17.0 Å². The molecule has 0 bridgehead atoms. The molecule has 1 heterocycles. The zero-order valence-electron chi connectivity index (χ0n) is 16.5. The fourth-order valence-electron chi connectivity index (χ4n) is 2.74. The van der Waals surface area contributed by atoms with E-state index in [0.29, 0.717) is 33.0 Å². The molecule has 1 aromatic heterocycles. The zero-order chi connectivity index (χ0) is 21.0. The van der Waals surface area contributed by atoms with E-state index in [9.17, 15) is 4.79 Å². The maximum atomic E-state index is 12.5. The number of thiazole rings is 1. The number of ether oxygens (including phenoxy) is 1. The number of amides is 1. The Morgan fingerprint density at radius 2 is 1.90 bits per heavy atom. The van der Waals surface area contributed by atoms with Crippen molar-refractivity contribution in [1.29, 1.82) is 0 Å². The van der Waals surface area contributed by atoms with E-state index in [2.05, 4.69) is 10.3 Å². The molecule has 2 aromatic carbocycles. The highest BCUT2D eigenvalue weighted by atomic mass is 35.5. The minimum atomic E-state index is -0.309. The van der Waals surface area contributed by atoms with Crippen LogP contribution in [0.3, 0.4) is 0 Å². The van der Waals surface area contributed by atoms with Gasteiger partial charge in [-0.05, 0) is 49.2 Å². The van der Waals surface area contributed by atoms with E-state index in [1.165, 1.54) is 17.8 Å². The number of rotatable bonds is 5. The molecule has 0 aliphatic heterocycles. The molecule has 0 unspecified atom stereocenters. The van der Waals surface area contributed by atoms with Crippen LogP contribution in [0.2, 0.25) is 10.0 Å². The van der Waals surface area contributed by atoms with Gasteiger partial charge in [0.25, 0.3) is 5.91 Å². The molecule has 4 rings (SSSR count). The number of methoxy groups -OCH3 is 1. The lowest BCUT2D eigenvalue weighted by Crippen LogP contribution is -2.12. The number of hydrogen-bond acceptors (Lipinski definition) is 4. The van der Waals surface area contributed by atoms with Crippen LogP contribution in [-0.4, -0.2) is 18.0 Å². The van der Waals surface area contributed by atoms with Crippen molar-refractivity contribution in [2.45, 2.75) is 32.6 Å².